The molecule has 0 N–H and O–H groups in total. The summed E-state index contributed by atoms with van der Waals surface area (Å²) < 4.78 is 24.8. The van der Waals surface area contributed by atoms with Crippen molar-refractivity contribution in [1.29, 1.82) is 0 Å². The summed E-state index contributed by atoms with van der Waals surface area (Å²) in [7, 11) is 0. The molecule has 5 atom stereocenters. The summed E-state index contributed by atoms with van der Waals surface area (Å²) >= 11 is 4.64. The minimum atomic E-state index is -1.39. The van der Waals surface area contributed by atoms with Gasteiger partial charge >= 0.3 is 11.9 Å². The van der Waals surface area contributed by atoms with Crippen LogP contribution < -0.4 is 0 Å². The molecule has 0 radical (unpaired) electrons. The number of hydrogen-bond acceptors (Lipinski definition) is 5. The summed E-state index contributed by atoms with van der Waals surface area (Å²) in [5.41, 5.74) is 2.88. The van der Waals surface area contributed by atoms with Crippen LogP contribution in [0.15, 0.2) is 48.5 Å². The topological polar surface area (TPSA) is 52.6 Å². The zero-order valence-electron chi connectivity index (χ0n) is 15.9. The Morgan fingerprint density at radius 1 is 0.966 bits per heavy atom. The van der Waals surface area contributed by atoms with Gasteiger partial charge in [0.1, 0.15) is 6.10 Å². The van der Waals surface area contributed by atoms with E-state index in [2.05, 4.69) is 15.9 Å². The second-order valence-electron chi connectivity index (χ2n) is 7.52. The maximum atomic E-state index is 14.9. The number of benzene rings is 2. The van der Waals surface area contributed by atoms with E-state index < -0.39 is 39.2 Å². The van der Waals surface area contributed by atoms with Crippen LogP contribution in [0.25, 0.3) is 0 Å². The van der Waals surface area contributed by atoms with Gasteiger partial charge in [0.2, 0.25) is 0 Å². The van der Waals surface area contributed by atoms with Gasteiger partial charge in [-0.25, -0.2) is 14.0 Å². The summed E-state index contributed by atoms with van der Waals surface area (Å²) in [6, 6.07) is 14.0. The van der Waals surface area contributed by atoms with Crippen LogP contribution in [0.2, 0.25) is 0 Å². The van der Waals surface area contributed by atoms with Gasteiger partial charge in [-0.1, -0.05) is 51.3 Å². The van der Waals surface area contributed by atoms with Crippen molar-refractivity contribution in [3.63, 3.8) is 0 Å². The average Bonchev–Trinajstić information content (AvgIpc) is 3.32. The summed E-state index contributed by atoms with van der Waals surface area (Å²) in [6.45, 7) is 3.85. The molecule has 1 spiro atoms. The SMILES string of the molecule is Cc1ccc(C(=O)O[C@@H]2CC23S[C@H](Br)[C@@H](F)[C@@H]3OC(=O)c2ccc(C)cc2)cc1. The lowest BCUT2D eigenvalue weighted by molar-refractivity contribution is 0.00300. The Morgan fingerprint density at radius 2 is 1.45 bits per heavy atom. The number of ether oxygens (including phenoxy) is 2. The van der Waals surface area contributed by atoms with Crippen LogP contribution in [-0.4, -0.2) is 39.2 Å². The number of rotatable bonds is 4. The normalized spacial score (nSPS) is 30.2. The van der Waals surface area contributed by atoms with E-state index in [0.717, 1.165) is 11.1 Å². The molecular formula is C22H20BrFO4S. The molecule has 1 saturated heterocycles. The van der Waals surface area contributed by atoms with E-state index in [9.17, 15) is 14.0 Å². The monoisotopic (exact) mass is 478 g/mol. The standard InChI is InChI=1S/C22H20BrFO4S/c1-12-3-7-14(8-4-12)20(25)27-16-11-22(16)18(17(24)19(23)29-22)28-21(26)15-9-5-13(2)6-10-15/h3-10,16-19H,11H2,1-2H3/t16-,17+,18+,19+,22?/m1/s1. The molecule has 4 rings (SSSR count). The fraction of sp³-hybridized carbons (Fsp3) is 0.364. The number of thioether (sulfide) groups is 1. The maximum Gasteiger partial charge on any atom is 0.338 e. The van der Waals surface area contributed by atoms with E-state index in [1.54, 1.807) is 36.4 Å². The smallest absolute Gasteiger partial charge is 0.338 e. The van der Waals surface area contributed by atoms with Crippen molar-refractivity contribution in [2.24, 2.45) is 0 Å². The third kappa shape index (κ3) is 3.94. The lowest BCUT2D eigenvalue weighted by Crippen LogP contribution is -2.37. The highest BCUT2D eigenvalue weighted by Gasteiger charge is 2.72. The highest BCUT2D eigenvalue weighted by molar-refractivity contribution is 9.11. The molecule has 0 aromatic heterocycles. The van der Waals surface area contributed by atoms with Gasteiger partial charge in [0.25, 0.3) is 0 Å². The van der Waals surface area contributed by atoms with Gasteiger partial charge in [-0.3, -0.25) is 0 Å². The fourth-order valence-electron chi connectivity index (χ4n) is 3.47. The van der Waals surface area contributed by atoms with Crippen molar-refractivity contribution in [2.45, 2.75) is 47.6 Å². The second-order valence-corrected chi connectivity index (χ2v) is 10.6. The van der Waals surface area contributed by atoms with E-state index in [1.807, 2.05) is 26.0 Å². The summed E-state index contributed by atoms with van der Waals surface area (Å²) in [6.07, 6.45) is -2.43. The molecule has 0 bridgehead atoms. The molecular weight excluding hydrogens is 459 g/mol. The van der Waals surface area contributed by atoms with Crippen LogP contribution in [0, 0.1) is 13.8 Å². The number of alkyl halides is 2. The Hall–Kier alpha value is -1.86. The Bertz CT molecular complexity index is 933. The lowest BCUT2D eigenvalue weighted by atomic mass is 10.1. The van der Waals surface area contributed by atoms with E-state index in [1.165, 1.54) is 11.8 Å². The van der Waals surface area contributed by atoms with Crippen LogP contribution in [0.4, 0.5) is 4.39 Å². The van der Waals surface area contributed by atoms with Crippen LogP contribution in [0.1, 0.15) is 38.3 Å². The van der Waals surface area contributed by atoms with Gasteiger partial charge in [-0.2, -0.15) is 0 Å². The van der Waals surface area contributed by atoms with Crippen molar-refractivity contribution in [3.8, 4) is 0 Å². The first-order valence-electron chi connectivity index (χ1n) is 9.31. The zero-order chi connectivity index (χ0) is 20.8. The first-order chi connectivity index (χ1) is 13.8. The largest absolute Gasteiger partial charge is 0.457 e. The number of carbonyl (C=O) groups is 2. The minimum Gasteiger partial charge on any atom is -0.457 e. The molecule has 2 fully saturated rings. The highest BCUT2D eigenvalue weighted by atomic mass is 79.9. The molecule has 1 aliphatic carbocycles. The highest BCUT2D eigenvalue weighted by Crippen LogP contribution is 2.63. The van der Waals surface area contributed by atoms with Crippen LogP contribution in [0.3, 0.4) is 0 Å². The third-order valence-electron chi connectivity index (χ3n) is 5.30. The van der Waals surface area contributed by atoms with Gasteiger partial charge in [0.15, 0.2) is 12.3 Å². The molecule has 0 amide bonds. The van der Waals surface area contributed by atoms with Crippen LogP contribution in [0.5, 0.6) is 0 Å². The minimum absolute atomic E-state index is 0.370. The number of aryl methyl sites for hydroxylation is 2. The summed E-state index contributed by atoms with van der Waals surface area (Å²) in [4.78, 5) is 25.0. The molecule has 2 aromatic carbocycles. The Kier molecular flexibility index (Phi) is 5.46. The van der Waals surface area contributed by atoms with E-state index in [0.29, 0.717) is 17.5 Å². The first-order valence-corrected chi connectivity index (χ1v) is 11.1. The molecule has 1 heterocycles. The first kappa shape index (κ1) is 20.4. The van der Waals surface area contributed by atoms with Gasteiger partial charge in [-0.15, -0.1) is 11.8 Å². The van der Waals surface area contributed by atoms with Crippen LogP contribution >= 0.6 is 27.7 Å². The summed E-state index contributed by atoms with van der Waals surface area (Å²) in [5, 5.41) is 0. The van der Waals surface area contributed by atoms with Crippen molar-refractivity contribution in [1.82, 2.24) is 0 Å². The maximum absolute atomic E-state index is 14.9. The van der Waals surface area contributed by atoms with Crippen molar-refractivity contribution >= 4 is 39.6 Å². The third-order valence-corrected chi connectivity index (χ3v) is 7.95. The van der Waals surface area contributed by atoms with Gasteiger partial charge in [-0.05, 0) is 38.1 Å². The zero-order valence-corrected chi connectivity index (χ0v) is 18.3. The predicted molar refractivity (Wildman–Crippen MR) is 113 cm³/mol. The van der Waals surface area contributed by atoms with Gasteiger partial charge < -0.3 is 9.47 Å². The van der Waals surface area contributed by atoms with Crippen molar-refractivity contribution in [2.75, 3.05) is 0 Å². The summed E-state index contributed by atoms with van der Waals surface area (Å²) in [5.74, 6) is -1.03. The fourth-order valence-corrected chi connectivity index (χ4v) is 6.24. The number of esters is 2. The molecule has 152 valence electrons. The average molecular weight is 479 g/mol. The molecule has 2 aliphatic rings. The van der Waals surface area contributed by atoms with Crippen LogP contribution in [-0.2, 0) is 9.47 Å². The second kappa shape index (κ2) is 7.76. The number of halogens is 2. The Labute approximate surface area is 181 Å². The molecule has 7 heteroatoms. The lowest BCUT2D eigenvalue weighted by Gasteiger charge is -2.21. The van der Waals surface area contributed by atoms with Gasteiger partial charge in [0.05, 0.1) is 20.0 Å². The Morgan fingerprint density at radius 3 is 1.97 bits per heavy atom. The van der Waals surface area contributed by atoms with Gasteiger partial charge in [0, 0.05) is 6.42 Å². The van der Waals surface area contributed by atoms with E-state index in [-0.39, 0.29) is 0 Å². The van der Waals surface area contributed by atoms with Crippen molar-refractivity contribution in [3.05, 3.63) is 70.8 Å². The number of hydrogen-bond donors (Lipinski definition) is 0. The molecule has 2 aromatic rings. The predicted octanol–water partition coefficient (Wildman–Crippen LogP) is 5.00. The molecule has 1 saturated carbocycles. The molecule has 4 nitrogen and oxygen atoms in total. The molecule has 1 unspecified atom stereocenters. The van der Waals surface area contributed by atoms with E-state index >= 15 is 0 Å². The van der Waals surface area contributed by atoms with Crippen molar-refractivity contribution < 1.29 is 23.5 Å². The number of carbonyl (C=O) groups excluding carboxylic acids is 2. The Balaban J connectivity index is 1.47. The molecule has 1 aliphatic heterocycles. The molecule has 29 heavy (non-hydrogen) atoms. The van der Waals surface area contributed by atoms with E-state index in [4.69, 9.17) is 9.47 Å². The quantitative estimate of drug-likeness (QED) is 0.456.